The number of methoxy groups -OCH3 is 1. The van der Waals surface area contributed by atoms with E-state index in [0.29, 0.717) is 24.1 Å². The lowest BCUT2D eigenvalue weighted by molar-refractivity contribution is -0.159. The van der Waals surface area contributed by atoms with E-state index >= 15 is 0 Å². The van der Waals surface area contributed by atoms with Crippen molar-refractivity contribution < 1.29 is 27.8 Å². The normalized spacial score (nSPS) is 25.9. The van der Waals surface area contributed by atoms with Crippen LogP contribution in [0, 0.1) is 0 Å². The minimum atomic E-state index is -3.09. The van der Waals surface area contributed by atoms with Gasteiger partial charge in [-0.25, -0.2) is 13.6 Å². The first-order valence-electron chi connectivity index (χ1n) is 10.3. The number of para-hydroxylation sites is 1. The van der Waals surface area contributed by atoms with Crippen LogP contribution in [0.25, 0.3) is 0 Å². The van der Waals surface area contributed by atoms with Crippen molar-refractivity contribution in [2.75, 3.05) is 27.2 Å². The summed E-state index contributed by atoms with van der Waals surface area (Å²) in [7, 11) is 3.16. The van der Waals surface area contributed by atoms with Gasteiger partial charge in [-0.2, -0.15) is 0 Å². The molecule has 2 aliphatic heterocycles. The van der Waals surface area contributed by atoms with Crippen molar-refractivity contribution in [1.82, 2.24) is 10.2 Å². The highest BCUT2D eigenvalue weighted by Crippen LogP contribution is 2.41. The molecule has 1 aromatic carbocycles. The Morgan fingerprint density at radius 3 is 2.68 bits per heavy atom. The number of dihydropyridines is 1. The fourth-order valence-corrected chi connectivity index (χ4v) is 4.62. The van der Waals surface area contributed by atoms with Gasteiger partial charge in [0.25, 0.3) is 5.92 Å². The maximum absolute atomic E-state index is 14.1. The molecule has 0 amide bonds. The third kappa shape index (κ3) is 4.08. The highest BCUT2D eigenvalue weighted by atomic mass is 19.3. The summed E-state index contributed by atoms with van der Waals surface area (Å²) in [6.07, 6.45) is -0.489. The van der Waals surface area contributed by atoms with E-state index in [2.05, 4.69) is 5.32 Å². The fourth-order valence-electron chi connectivity index (χ4n) is 4.62. The van der Waals surface area contributed by atoms with Gasteiger partial charge in [0.1, 0.15) is 5.75 Å². The lowest BCUT2D eigenvalue weighted by atomic mass is 9.78. The summed E-state index contributed by atoms with van der Waals surface area (Å²) in [5.41, 5.74) is 3.03. The van der Waals surface area contributed by atoms with Crippen molar-refractivity contribution in [1.29, 1.82) is 0 Å². The van der Waals surface area contributed by atoms with Gasteiger partial charge in [-0.1, -0.05) is 18.2 Å². The molecule has 1 N–H and O–H groups in total. The topological polar surface area (TPSA) is 67.9 Å². The number of Topliss-reactive ketones (excluding diaryl/α,β-unsaturated/α-hetero) is 1. The van der Waals surface area contributed by atoms with Crippen LogP contribution in [0.1, 0.15) is 37.7 Å². The van der Waals surface area contributed by atoms with Gasteiger partial charge in [0.15, 0.2) is 11.9 Å². The molecular weight excluding hydrogens is 406 g/mol. The van der Waals surface area contributed by atoms with E-state index in [9.17, 15) is 18.4 Å². The second-order valence-electron chi connectivity index (χ2n) is 8.48. The van der Waals surface area contributed by atoms with Crippen molar-refractivity contribution in [3.63, 3.8) is 0 Å². The Balaban J connectivity index is 1.51. The van der Waals surface area contributed by atoms with Crippen molar-refractivity contribution in [2.45, 2.75) is 44.1 Å². The number of alkyl halides is 2. The van der Waals surface area contributed by atoms with Crippen molar-refractivity contribution in [3.05, 3.63) is 52.4 Å². The first-order valence-corrected chi connectivity index (χ1v) is 10.3. The molecule has 8 heteroatoms. The second-order valence-corrected chi connectivity index (χ2v) is 8.48. The number of rotatable bonds is 4. The Kier molecular flexibility index (Phi) is 5.60. The van der Waals surface area contributed by atoms with Crippen LogP contribution in [0.3, 0.4) is 0 Å². The fraction of sp³-hybridized carbons (Fsp3) is 0.478. The van der Waals surface area contributed by atoms with E-state index in [1.165, 1.54) is 4.90 Å². The number of allylic oxidation sites excluding steroid dienone is 3. The van der Waals surface area contributed by atoms with Gasteiger partial charge in [0, 0.05) is 42.3 Å². The van der Waals surface area contributed by atoms with E-state index in [1.54, 1.807) is 21.1 Å². The maximum Gasteiger partial charge on any atom is 0.336 e. The molecule has 31 heavy (non-hydrogen) atoms. The third-order valence-electron chi connectivity index (χ3n) is 6.23. The summed E-state index contributed by atoms with van der Waals surface area (Å²) in [6.45, 7) is 1.24. The number of carbonyl (C=O) groups is 2. The van der Waals surface area contributed by atoms with Gasteiger partial charge in [0.2, 0.25) is 0 Å². The number of carbonyl (C=O) groups excluding carboxylic acids is 2. The minimum absolute atomic E-state index is 0.0219. The molecule has 3 aliphatic rings. The number of ketones is 1. The molecule has 0 saturated carbocycles. The predicted octanol–water partition coefficient (Wildman–Crippen LogP) is 3.16. The number of esters is 1. The smallest absolute Gasteiger partial charge is 0.336 e. The lowest BCUT2D eigenvalue weighted by Crippen LogP contribution is -2.38. The monoisotopic (exact) mass is 432 g/mol. The molecule has 1 fully saturated rings. The average molecular weight is 432 g/mol. The number of nitrogens with one attached hydrogen (secondary N) is 1. The van der Waals surface area contributed by atoms with Gasteiger partial charge >= 0.3 is 5.97 Å². The quantitative estimate of drug-likeness (QED) is 0.738. The summed E-state index contributed by atoms with van der Waals surface area (Å²) in [4.78, 5) is 27.1. The number of ether oxygens (including phenoxy) is 2. The number of benzene rings is 1. The second kappa shape index (κ2) is 8.07. The molecule has 0 radical (unpaired) electrons. The zero-order valence-corrected chi connectivity index (χ0v) is 17.8. The maximum atomic E-state index is 14.1. The standard InChI is InChI=1S/C23H26F2N2O4/c1-13-16(22(29)31-21-11-27(2)12-23(21,24)25)10-17-18(26-13)8-14(9-19(17)28)15-6-4-5-7-20(15)30-3/h4-7,14,21,26H,8-12H2,1-3H3/t14-,21-/m1/s1. The van der Waals surface area contributed by atoms with Crippen LogP contribution in [-0.2, 0) is 14.3 Å². The van der Waals surface area contributed by atoms with E-state index < -0.39 is 24.5 Å². The van der Waals surface area contributed by atoms with Gasteiger partial charge < -0.3 is 14.8 Å². The molecule has 2 atom stereocenters. The Hall–Kier alpha value is -2.74. The van der Waals surface area contributed by atoms with Gasteiger partial charge in [0.05, 0.1) is 19.2 Å². The van der Waals surface area contributed by atoms with Crippen molar-refractivity contribution in [3.8, 4) is 5.75 Å². The van der Waals surface area contributed by atoms with Crippen molar-refractivity contribution in [2.24, 2.45) is 0 Å². The van der Waals surface area contributed by atoms with Crippen LogP contribution >= 0.6 is 0 Å². The third-order valence-corrected chi connectivity index (χ3v) is 6.23. The largest absolute Gasteiger partial charge is 0.496 e. The number of nitrogens with zero attached hydrogens (tertiary/aromatic N) is 1. The first kappa shape index (κ1) is 21.5. The molecular formula is C23H26F2N2O4. The van der Waals surface area contributed by atoms with Gasteiger partial charge in [-0.05, 0) is 32.0 Å². The highest BCUT2D eigenvalue weighted by Gasteiger charge is 2.50. The molecule has 0 aromatic heterocycles. The zero-order chi connectivity index (χ0) is 22.3. The van der Waals surface area contributed by atoms with E-state index in [1.807, 2.05) is 24.3 Å². The molecule has 2 heterocycles. The molecule has 0 spiro atoms. The Morgan fingerprint density at radius 2 is 2.00 bits per heavy atom. The number of likely N-dealkylation sites (N-methyl/N-ethyl adjacent to an activating group) is 1. The van der Waals surface area contributed by atoms with Crippen LogP contribution in [0.2, 0.25) is 0 Å². The van der Waals surface area contributed by atoms with E-state index in [0.717, 1.165) is 17.0 Å². The predicted molar refractivity (Wildman–Crippen MR) is 110 cm³/mol. The molecule has 0 bridgehead atoms. The number of halogens is 2. The summed E-state index contributed by atoms with van der Waals surface area (Å²) in [5.74, 6) is -3.25. The Labute approximate surface area is 179 Å². The molecule has 0 unspecified atom stereocenters. The molecule has 1 saturated heterocycles. The number of hydrogen-bond donors (Lipinski definition) is 1. The number of likely N-dealkylation sites (tertiary alicyclic amines) is 1. The SMILES string of the molecule is COc1ccccc1[C@H]1CC(=O)C2=C(C1)NC(C)=C(C(=O)O[C@@H]1CN(C)CC1(F)F)C2. The summed E-state index contributed by atoms with van der Waals surface area (Å²) < 4.78 is 38.7. The minimum Gasteiger partial charge on any atom is -0.496 e. The van der Waals surface area contributed by atoms with Crippen LogP contribution < -0.4 is 10.1 Å². The zero-order valence-electron chi connectivity index (χ0n) is 17.8. The van der Waals surface area contributed by atoms with Crippen LogP contribution in [0.4, 0.5) is 8.78 Å². The average Bonchev–Trinajstić information content (AvgIpc) is 2.98. The molecule has 4 rings (SSSR count). The Bertz CT molecular complexity index is 986. The van der Waals surface area contributed by atoms with Crippen molar-refractivity contribution >= 4 is 11.8 Å². The van der Waals surface area contributed by atoms with Gasteiger partial charge in [-0.15, -0.1) is 0 Å². The Morgan fingerprint density at radius 1 is 1.26 bits per heavy atom. The molecule has 6 nitrogen and oxygen atoms in total. The highest BCUT2D eigenvalue weighted by molar-refractivity contribution is 6.01. The van der Waals surface area contributed by atoms with Crippen LogP contribution in [0.5, 0.6) is 5.75 Å². The van der Waals surface area contributed by atoms with E-state index in [4.69, 9.17) is 9.47 Å². The molecule has 1 aromatic rings. The van der Waals surface area contributed by atoms with E-state index in [-0.39, 0.29) is 30.2 Å². The summed E-state index contributed by atoms with van der Waals surface area (Å²) in [6, 6.07) is 7.62. The molecule has 166 valence electrons. The number of hydrogen-bond acceptors (Lipinski definition) is 6. The lowest BCUT2D eigenvalue weighted by Gasteiger charge is -2.32. The molecule has 1 aliphatic carbocycles. The summed E-state index contributed by atoms with van der Waals surface area (Å²) >= 11 is 0. The first-order chi connectivity index (χ1) is 14.7. The summed E-state index contributed by atoms with van der Waals surface area (Å²) in [5, 5.41) is 3.17. The van der Waals surface area contributed by atoms with Gasteiger partial charge in [-0.3, -0.25) is 9.69 Å². The van der Waals surface area contributed by atoms with Crippen LogP contribution in [-0.4, -0.2) is 55.9 Å². The van der Waals surface area contributed by atoms with Crippen LogP contribution in [0.15, 0.2) is 46.8 Å².